The Morgan fingerprint density at radius 1 is 1.24 bits per heavy atom. The van der Waals surface area contributed by atoms with Crippen molar-refractivity contribution < 1.29 is 14.6 Å². The normalized spacial score (nSPS) is 13.4. The Hall–Kier alpha value is -2.69. The second-order valence-corrected chi connectivity index (χ2v) is 4.91. The van der Waals surface area contributed by atoms with Crippen LogP contribution in [0.5, 0.6) is 0 Å². The Bertz CT molecular complexity index is 647. The molecule has 1 heterocycles. The summed E-state index contributed by atoms with van der Waals surface area (Å²) in [5, 5.41) is 26.7. The quantitative estimate of drug-likeness (QED) is 0.643. The lowest BCUT2D eigenvalue weighted by molar-refractivity contribution is -0.393. The first kappa shape index (κ1) is 14.7. The maximum absolute atomic E-state index is 11.7. The number of hydrogen-bond donors (Lipinski definition) is 2. The standard InChI is InChI=1S/C10H9N5O5S/c16-9(13-10-11-3-4-21-10)12-7-2-1-6(14(17)18)5-8(7)15(19)20/h1-2,5H,3-4H2,(H2,11,12,13,16). The van der Waals surface area contributed by atoms with E-state index in [1.54, 1.807) is 0 Å². The van der Waals surface area contributed by atoms with E-state index in [4.69, 9.17) is 0 Å². The molecular formula is C10H9N5O5S. The van der Waals surface area contributed by atoms with Gasteiger partial charge in [0, 0.05) is 11.8 Å². The van der Waals surface area contributed by atoms with Crippen LogP contribution in [0.4, 0.5) is 21.9 Å². The van der Waals surface area contributed by atoms with Gasteiger partial charge in [-0.15, -0.1) is 0 Å². The van der Waals surface area contributed by atoms with Crippen LogP contribution in [-0.4, -0.2) is 33.3 Å². The SMILES string of the molecule is O=C(NC1=NCCS1)Nc1ccc([N+](=O)[O-])cc1[N+](=O)[O-]. The molecule has 0 spiro atoms. The smallest absolute Gasteiger partial charge is 0.302 e. The van der Waals surface area contributed by atoms with Gasteiger partial charge in [-0.25, -0.2) is 4.79 Å². The van der Waals surface area contributed by atoms with Crippen LogP contribution in [0.2, 0.25) is 0 Å². The molecule has 1 aliphatic heterocycles. The Labute approximate surface area is 121 Å². The summed E-state index contributed by atoms with van der Waals surface area (Å²) in [7, 11) is 0. The molecule has 0 fully saturated rings. The number of thioether (sulfide) groups is 1. The summed E-state index contributed by atoms with van der Waals surface area (Å²) < 4.78 is 0. The zero-order chi connectivity index (χ0) is 15.4. The third-order valence-corrected chi connectivity index (χ3v) is 3.33. The Balaban J connectivity index is 2.16. The van der Waals surface area contributed by atoms with Crippen molar-refractivity contribution in [1.29, 1.82) is 0 Å². The zero-order valence-electron chi connectivity index (χ0n) is 10.4. The van der Waals surface area contributed by atoms with Crippen LogP contribution in [0.15, 0.2) is 23.2 Å². The van der Waals surface area contributed by atoms with E-state index >= 15 is 0 Å². The van der Waals surface area contributed by atoms with Crippen molar-refractivity contribution in [3.63, 3.8) is 0 Å². The highest BCUT2D eigenvalue weighted by Gasteiger charge is 2.21. The average Bonchev–Trinajstić information content (AvgIpc) is 2.91. The number of carbonyl (C=O) groups excluding carboxylic acids is 1. The molecule has 1 aromatic rings. The fourth-order valence-corrected chi connectivity index (χ4v) is 2.28. The van der Waals surface area contributed by atoms with Crippen LogP contribution >= 0.6 is 11.8 Å². The number of nitro groups is 2. The number of nitrogens with one attached hydrogen (secondary N) is 2. The van der Waals surface area contributed by atoms with Crippen LogP contribution in [0.1, 0.15) is 0 Å². The minimum absolute atomic E-state index is 0.133. The summed E-state index contributed by atoms with van der Waals surface area (Å²) in [5.74, 6) is 0.757. The molecule has 21 heavy (non-hydrogen) atoms. The van der Waals surface area contributed by atoms with Gasteiger partial charge in [0.05, 0.1) is 22.5 Å². The highest BCUT2D eigenvalue weighted by molar-refractivity contribution is 8.14. The van der Waals surface area contributed by atoms with Gasteiger partial charge in [0.15, 0.2) is 5.17 Å². The summed E-state index contributed by atoms with van der Waals surface area (Å²) in [6.45, 7) is 0.595. The first-order valence-electron chi connectivity index (χ1n) is 5.65. The van der Waals surface area contributed by atoms with Crippen molar-refractivity contribution in [2.24, 2.45) is 4.99 Å². The molecule has 1 aliphatic rings. The summed E-state index contributed by atoms with van der Waals surface area (Å²) in [6.07, 6.45) is 0. The molecule has 2 rings (SSSR count). The predicted molar refractivity (Wildman–Crippen MR) is 76.7 cm³/mol. The maximum Gasteiger partial charge on any atom is 0.325 e. The number of rotatable bonds is 3. The lowest BCUT2D eigenvalue weighted by Gasteiger charge is -2.07. The maximum atomic E-state index is 11.7. The third kappa shape index (κ3) is 3.66. The second-order valence-electron chi connectivity index (χ2n) is 3.83. The van der Waals surface area contributed by atoms with Gasteiger partial charge >= 0.3 is 6.03 Å². The van der Waals surface area contributed by atoms with E-state index in [1.165, 1.54) is 11.8 Å². The molecule has 11 heteroatoms. The number of non-ortho nitro benzene ring substituents is 1. The molecule has 110 valence electrons. The number of amides is 2. The topological polar surface area (TPSA) is 140 Å². The fourth-order valence-electron chi connectivity index (χ4n) is 1.55. The molecule has 0 atom stereocenters. The average molecular weight is 311 g/mol. The molecule has 2 N–H and O–H groups in total. The van der Waals surface area contributed by atoms with Crippen LogP contribution in [0, 0.1) is 20.2 Å². The molecule has 0 unspecified atom stereocenters. The van der Waals surface area contributed by atoms with Crippen molar-refractivity contribution in [1.82, 2.24) is 5.32 Å². The number of aliphatic imine (C=N–C) groups is 1. The molecule has 0 aliphatic carbocycles. The highest BCUT2D eigenvalue weighted by Crippen LogP contribution is 2.28. The van der Waals surface area contributed by atoms with Gasteiger partial charge < -0.3 is 5.32 Å². The van der Waals surface area contributed by atoms with Crippen molar-refractivity contribution in [2.75, 3.05) is 17.6 Å². The van der Waals surface area contributed by atoms with Crippen molar-refractivity contribution in [3.8, 4) is 0 Å². The van der Waals surface area contributed by atoms with Crippen molar-refractivity contribution in [3.05, 3.63) is 38.4 Å². The minimum Gasteiger partial charge on any atom is -0.302 e. The van der Waals surface area contributed by atoms with Crippen LogP contribution < -0.4 is 10.6 Å². The van der Waals surface area contributed by atoms with Gasteiger partial charge in [0.2, 0.25) is 0 Å². The molecule has 2 amide bonds. The summed E-state index contributed by atoms with van der Waals surface area (Å²) in [4.78, 5) is 35.6. The van der Waals surface area contributed by atoms with Crippen LogP contribution in [0.3, 0.4) is 0 Å². The molecular weight excluding hydrogens is 302 g/mol. The Morgan fingerprint density at radius 3 is 2.57 bits per heavy atom. The number of benzene rings is 1. The number of urea groups is 1. The largest absolute Gasteiger partial charge is 0.325 e. The van der Waals surface area contributed by atoms with E-state index in [1.807, 2.05) is 0 Å². The number of anilines is 1. The number of hydrogen-bond acceptors (Lipinski definition) is 7. The van der Waals surface area contributed by atoms with Gasteiger partial charge in [-0.05, 0) is 6.07 Å². The van der Waals surface area contributed by atoms with Gasteiger partial charge in [0.1, 0.15) is 5.69 Å². The molecule has 0 aromatic heterocycles. The number of nitro benzene ring substituents is 2. The van der Waals surface area contributed by atoms with E-state index in [9.17, 15) is 25.0 Å². The molecule has 0 saturated heterocycles. The monoisotopic (exact) mass is 311 g/mol. The van der Waals surface area contributed by atoms with Crippen LogP contribution in [0.25, 0.3) is 0 Å². The third-order valence-electron chi connectivity index (χ3n) is 2.44. The summed E-state index contributed by atoms with van der Waals surface area (Å²) in [5.41, 5.74) is -1.12. The highest BCUT2D eigenvalue weighted by atomic mass is 32.2. The number of carbonyl (C=O) groups is 1. The number of amidine groups is 1. The fraction of sp³-hybridized carbons (Fsp3) is 0.200. The van der Waals surface area contributed by atoms with E-state index in [-0.39, 0.29) is 5.69 Å². The van der Waals surface area contributed by atoms with Gasteiger partial charge in [-0.2, -0.15) is 0 Å². The lowest BCUT2D eigenvalue weighted by atomic mass is 10.2. The first-order chi connectivity index (χ1) is 9.97. The van der Waals surface area contributed by atoms with Crippen molar-refractivity contribution in [2.45, 2.75) is 0 Å². The van der Waals surface area contributed by atoms with Crippen molar-refractivity contribution >= 4 is 40.0 Å². The van der Waals surface area contributed by atoms with Gasteiger partial charge in [-0.3, -0.25) is 30.5 Å². The predicted octanol–water partition coefficient (Wildman–Crippen LogP) is 1.73. The van der Waals surface area contributed by atoms with Gasteiger partial charge in [-0.1, -0.05) is 11.8 Å². The zero-order valence-corrected chi connectivity index (χ0v) is 11.3. The minimum atomic E-state index is -0.801. The van der Waals surface area contributed by atoms with E-state index < -0.39 is 27.3 Å². The molecule has 0 radical (unpaired) electrons. The first-order valence-corrected chi connectivity index (χ1v) is 6.64. The number of nitrogens with zero attached hydrogens (tertiary/aromatic N) is 3. The van der Waals surface area contributed by atoms with E-state index in [0.29, 0.717) is 11.7 Å². The molecule has 10 nitrogen and oxygen atoms in total. The molecule has 0 saturated carbocycles. The molecule has 1 aromatic carbocycles. The second kappa shape index (κ2) is 6.17. The van der Waals surface area contributed by atoms with Crippen LogP contribution in [-0.2, 0) is 0 Å². The Kier molecular flexibility index (Phi) is 4.33. The van der Waals surface area contributed by atoms with Gasteiger partial charge in [0.25, 0.3) is 11.4 Å². The lowest BCUT2D eigenvalue weighted by Crippen LogP contribution is -2.32. The van der Waals surface area contributed by atoms with E-state index in [0.717, 1.165) is 24.0 Å². The molecule has 0 bridgehead atoms. The summed E-state index contributed by atoms with van der Waals surface area (Å²) in [6, 6.07) is 2.28. The Morgan fingerprint density at radius 2 is 2.00 bits per heavy atom. The van der Waals surface area contributed by atoms with E-state index in [2.05, 4.69) is 15.6 Å². The summed E-state index contributed by atoms with van der Waals surface area (Å²) >= 11 is 1.35.